The van der Waals surface area contributed by atoms with E-state index in [4.69, 9.17) is 11.6 Å². The van der Waals surface area contributed by atoms with Crippen molar-refractivity contribution >= 4 is 23.2 Å². The van der Waals surface area contributed by atoms with Gasteiger partial charge in [0.25, 0.3) is 11.6 Å². The molecule has 0 bridgehead atoms. The predicted octanol–water partition coefficient (Wildman–Crippen LogP) is 3.65. The summed E-state index contributed by atoms with van der Waals surface area (Å²) in [6.07, 6.45) is 3.03. The number of nitro groups is 1. The van der Waals surface area contributed by atoms with Crippen LogP contribution in [-0.2, 0) is 0 Å². The molecule has 1 aliphatic heterocycles. The molecule has 108 valence electrons. The van der Waals surface area contributed by atoms with Crippen LogP contribution in [0.3, 0.4) is 0 Å². The third-order valence-corrected chi connectivity index (χ3v) is 4.14. The minimum absolute atomic E-state index is 0.0475. The highest BCUT2D eigenvalue weighted by atomic mass is 35.5. The van der Waals surface area contributed by atoms with Gasteiger partial charge in [-0.05, 0) is 45.2 Å². The Hall–Kier alpha value is -1.62. The molecule has 2 rings (SSSR count). The number of carbonyl (C=O) groups excluding carboxylic acids is 1. The van der Waals surface area contributed by atoms with Crippen LogP contribution in [0.4, 0.5) is 5.69 Å². The standard InChI is InChI=1S/C14H17ClN2O3/c1-9-4-3-5-10(2)16(9)14(18)11-6-7-12(15)13(8-11)17(19)20/h6-10H,3-5H2,1-2H3. The number of piperidine rings is 1. The third kappa shape index (κ3) is 2.77. The minimum Gasteiger partial charge on any atom is -0.333 e. The molecule has 1 aromatic rings. The summed E-state index contributed by atoms with van der Waals surface area (Å²) in [5.41, 5.74) is 0.0940. The average molecular weight is 297 g/mol. The largest absolute Gasteiger partial charge is 0.333 e. The van der Waals surface area contributed by atoms with E-state index in [1.54, 1.807) is 6.07 Å². The van der Waals surface area contributed by atoms with Gasteiger partial charge in [-0.3, -0.25) is 14.9 Å². The van der Waals surface area contributed by atoms with E-state index in [-0.39, 0.29) is 28.7 Å². The summed E-state index contributed by atoms with van der Waals surface area (Å²) >= 11 is 5.77. The number of carbonyl (C=O) groups is 1. The first-order valence-electron chi connectivity index (χ1n) is 6.68. The Morgan fingerprint density at radius 2 is 1.95 bits per heavy atom. The smallest absolute Gasteiger partial charge is 0.288 e. The second-order valence-electron chi connectivity index (χ2n) is 5.26. The predicted molar refractivity (Wildman–Crippen MR) is 77.1 cm³/mol. The number of nitro benzene ring substituents is 1. The molecule has 1 aromatic carbocycles. The van der Waals surface area contributed by atoms with Crippen molar-refractivity contribution in [1.82, 2.24) is 4.90 Å². The summed E-state index contributed by atoms with van der Waals surface area (Å²) in [5.74, 6) is -0.163. The Labute approximate surface area is 122 Å². The van der Waals surface area contributed by atoms with Gasteiger partial charge in [0.2, 0.25) is 0 Å². The zero-order valence-corrected chi connectivity index (χ0v) is 12.3. The molecule has 1 saturated heterocycles. The van der Waals surface area contributed by atoms with E-state index in [1.807, 2.05) is 18.7 Å². The fraction of sp³-hybridized carbons (Fsp3) is 0.500. The van der Waals surface area contributed by atoms with Crippen LogP contribution in [0.1, 0.15) is 43.5 Å². The summed E-state index contributed by atoms with van der Waals surface area (Å²) in [6.45, 7) is 4.02. The second-order valence-corrected chi connectivity index (χ2v) is 5.67. The molecular weight excluding hydrogens is 280 g/mol. The summed E-state index contributed by atoms with van der Waals surface area (Å²) < 4.78 is 0. The summed E-state index contributed by atoms with van der Waals surface area (Å²) in [5, 5.41) is 10.9. The second kappa shape index (κ2) is 5.79. The third-order valence-electron chi connectivity index (χ3n) is 3.82. The van der Waals surface area contributed by atoms with Crippen molar-refractivity contribution in [3.63, 3.8) is 0 Å². The summed E-state index contributed by atoms with van der Waals surface area (Å²) in [6, 6.07) is 4.53. The molecule has 0 N–H and O–H groups in total. The highest BCUT2D eigenvalue weighted by Crippen LogP contribution is 2.28. The summed E-state index contributed by atoms with van der Waals surface area (Å²) in [7, 11) is 0. The minimum atomic E-state index is -0.567. The lowest BCUT2D eigenvalue weighted by molar-refractivity contribution is -0.384. The quantitative estimate of drug-likeness (QED) is 0.618. The zero-order valence-electron chi connectivity index (χ0n) is 11.5. The SMILES string of the molecule is CC1CCCC(C)N1C(=O)c1ccc(Cl)c([N+](=O)[O-])c1. The first-order chi connectivity index (χ1) is 9.41. The molecule has 0 aromatic heterocycles. The van der Waals surface area contributed by atoms with Crippen LogP contribution in [0, 0.1) is 10.1 Å². The van der Waals surface area contributed by atoms with Crippen molar-refractivity contribution in [3.05, 3.63) is 38.9 Å². The molecule has 0 aliphatic carbocycles. The number of hydrogen-bond acceptors (Lipinski definition) is 3. The maximum Gasteiger partial charge on any atom is 0.288 e. The van der Waals surface area contributed by atoms with Crippen molar-refractivity contribution < 1.29 is 9.72 Å². The lowest BCUT2D eigenvalue weighted by atomic mass is 9.96. The molecule has 20 heavy (non-hydrogen) atoms. The molecule has 1 amide bonds. The molecule has 1 heterocycles. The number of rotatable bonds is 2. The number of benzene rings is 1. The van der Waals surface area contributed by atoms with Crippen molar-refractivity contribution in [2.24, 2.45) is 0 Å². The van der Waals surface area contributed by atoms with Crippen LogP contribution >= 0.6 is 11.6 Å². The first kappa shape index (κ1) is 14.8. The first-order valence-corrected chi connectivity index (χ1v) is 7.06. The molecule has 0 saturated carbocycles. The van der Waals surface area contributed by atoms with E-state index >= 15 is 0 Å². The average Bonchev–Trinajstić information content (AvgIpc) is 2.38. The Bertz CT molecular complexity index is 537. The van der Waals surface area contributed by atoms with Crippen LogP contribution in [0.15, 0.2) is 18.2 Å². The Morgan fingerprint density at radius 3 is 2.50 bits per heavy atom. The van der Waals surface area contributed by atoms with Crippen molar-refractivity contribution in [2.45, 2.75) is 45.2 Å². The van der Waals surface area contributed by atoms with Gasteiger partial charge in [0.1, 0.15) is 5.02 Å². The lowest BCUT2D eigenvalue weighted by Gasteiger charge is -2.39. The van der Waals surface area contributed by atoms with Crippen molar-refractivity contribution in [3.8, 4) is 0 Å². The number of halogens is 1. The lowest BCUT2D eigenvalue weighted by Crippen LogP contribution is -2.47. The molecule has 5 nitrogen and oxygen atoms in total. The van der Waals surface area contributed by atoms with Gasteiger partial charge in [0.05, 0.1) is 4.92 Å². The maximum absolute atomic E-state index is 12.6. The molecule has 2 unspecified atom stereocenters. The van der Waals surface area contributed by atoms with Gasteiger partial charge in [-0.1, -0.05) is 11.6 Å². The highest BCUT2D eigenvalue weighted by Gasteiger charge is 2.30. The molecule has 0 radical (unpaired) electrons. The zero-order chi connectivity index (χ0) is 14.9. The van der Waals surface area contributed by atoms with E-state index < -0.39 is 4.92 Å². The number of hydrogen-bond donors (Lipinski definition) is 0. The maximum atomic E-state index is 12.6. The Balaban J connectivity index is 2.33. The van der Waals surface area contributed by atoms with Gasteiger partial charge in [-0.25, -0.2) is 0 Å². The fourth-order valence-corrected chi connectivity index (χ4v) is 2.94. The van der Waals surface area contributed by atoms with Gasteiger partial charge in [-0.2, -0.15) is 0 Å². The van der Waals surface area contributed by atoms with Crippen molar-refractivity contribution in [2.75, 3.05) is 0 Å². The number of amides is 1. The van der Waals surface area contributed by atoms with Gasteiger partial charge >= 0.3 is 0 Å². The Kier molecular flexibility index (Phi) is 4.28. The monoisotopic (exact) mass is 296 g/mol. The fourth-order valence-electron chi connectivity index (χ4n) is 2.76. The van der Waals surface area contributed by atoms with Gasteiger partial charge in [-0.15, -0.1) is 0 Å². The molecule has 1 aliphatic rings. The van der Waals surface area contributed by atoms with E-state index in [2.05, 4.69) is 0 Å². The van der Waals surface area contributed by atoms with Gasteiger partial charge < -0.3 is 4.90 Å². The number of likely N-dealkylation sites (tertiary alicyclic amines) is 1. The van der Waals surface area contributed by atoms with E-state index in [0.717, 1.165) is 19.3 Å². The molecule has 2 atom stereocenters. The molecule has 6 heteroatoms. The van der Waals surface area contributed by atoms with Crippen LogP contribution in [-0.4, -0.2) is 27.8 Å². The molecular formula is C14H17ClN2O3. The van der Waals surface area contributed by atoms with Crippen molar-refractivity contribution in [1.29, 1.82) is 0 Å². The van der Waals surface area contributed by atoms with Gasteiger partial charge in [0, 0.05) is 23.7 Å². The van der Waals surface area contributed by atoms with Crippen LogP contribution in [0.25, 0.3) is 0 Å². The van der Waals surface area contributed by atoms with Crippen LogP contribution in [0.2, 0.25) is 5.02 Å². The Morgan fingerprint density at radius 1 is 1.35 bits per heavy atom. The highest BCUT2D eigenvalue weighted by molar-refractivity contribution is 6.32. The van der Waals surface area contributed by atoms with E-state index in [9.17, 15) is 14.9 Å². The van der Waals surface area contributed by atoms with E-state index in [1.165, 1.54) is 12.1 Å². The number of nitrogens with zero attached hydrogens (tertiary/aromatic N) is 2. The van der Waals surface area contributed by atoms with Gasteiger partial charge in [0.15, 0.2) is 0 Å². The molecule has 0 spiro atoms. The van der Waals surface area contributed by atoms with Crippen LogP contribution < -0.4 is 0 Å². The topological polar surface area (TPSA) is 63.5 Å². The summed E-state index contributed by atoms with van der Waals surface area (Å²) in [4.78, 5) is 24.7. The normalized spacial score (nSPS) is 22.6. The van der Waals surface area contributed by atoms with Crippen LogP contribution in [0.5, 0.6) is 0 Å². The van der Waals surface area contributed by atoms with E-state index in [0.29, 0.717) is 5.56 Å². The molecule has 1 fully saturated rings.